The molecule has 3 rings (SSSR count). The van der Waals surface area contributed by atoms with E-state index in [2.05, 4.69) is 15.5 Å². The summed E-state index contributed by atoms with van der Waals surface area (Å²) in [5.74, 6) is -0.00711. The summed E-state index contributed by atoms with van der Waals surface area (Å²) in [4.78, 5) is 12.4. The standard InChI is InChI=1S/C20H21FN4OS/c1-13-8-10-15(11-9-13)12-22-19(26)14(2)27-20-24-23-18(25(20)3)16-6-4-5-7-17(16)21/h4-11,14H,12H2,1-3H3,(H,22,26)/t14-/m0/s1. The average molecular weight is 384 g/mol. The number of carbonyl (C=O) groups is 1. The van der Waals surface area contributed by atoms with Gasteiger partial charge in [0, 0.05) is 13.6 Å². The molecule has 7 heteroatoms. The van der Waals surface area contributed by atoms with Gasteiger partial charge in [-0.25, -0.2) is 4.39 Å². The van der Waals surface area contributed by atoms with Gasteiger partial charge in [-0.05, 0) is 31.5 Å². The van der Waals surface area contributed by atoms with Crippen molar-refractivity contribution < 1.29 is 9.18 Å². The van der Waals surface area contributed by atoms with E-state index in [1.165, 1.54) is 23.4 Å². The molecule has 1 atom stereocenters. The Morgan fingerprint density at radius 1 is 1.19 bits per heavy atom. The number of aromatic nitrogens is 3. The van der Waals surface area contributed by atoms with Crippen LogP contribution >= 0.6 is 11.8 Å². The topological polar surface area (TPSA) is 59.8 Å². The molecule has 1 N–H and O–H groups in total. The normalized spacial score (nSPS) is 12.0. The van der Waals surface area contributed by atoms with Crippen molar-refractivity contribution in [2.75, 3.05) is 0 Å². The van der Waals surface area contributed by atoms with Gasteiger partial charge in [-0.15, -0.1) is 10.2 Å². The van der Waals surface area contributed by atoms with Gasteiger partial charge in [-0.3, -0.25) is 4.79 Å². The lowest BCUT2D eigenvalue weighted by Crippen LogP contribution is -2.30. The van der Waals surface area contributed by atoms with Crippen molar-refractivity contribution in [3.8, 4) is 11.4 Å². The fraction of sp³-hybridized carbons (Fsp3) is 0.250. The first kappa shape index (κ1) is 19.1. The Kier molecular flexibility index (Phi) is 5.91. The fourth-order valence-electron chi connectivity index (χ4n) is 2.55. The van der Waals surface area contributed by atoms with Gasteiger partial charge in [0.1, 0.15) is 5.82 Å². The number of amides is 1. The molecule has 0 aliphatic carbocycles. The van der Waals surface area contributed by atoms with E-state index in [9.17, 15) is 9.18 Å². The van der Waals surface area contributed by atoms with Crippen molar-refractivity contribution in [1.82, 2.24) is 20.1 Å². The van der Waals surface area contributed by atoms with Gasteiger partial charge in [0.15, 0.2) is 11.0 Å². The minimum atomic E-state index is -0.355. The van der Waals surface area contributed by atoms with Crippen molar-refractivity contribution in [2.24, 2.45) is 7.05 Å². The zero-order valence-electron chi connectivity index (χ0n) is 15.4. The van der Waals surface area contributed by atoms with Gasteiger partial charge >= 0.3 is 0 Å². The van der Waals surface area contributed by atoms with Crippen molar-refractivity contribution in [3.05, 3.63) is 65.5 Å². The summed E-state index contributed by atoms with van der Waals surface area (Å²) in [5, 5.41) is 11.3. The Morgan fingerprint density at radius 2 is 1.89 bits per heavy atom. The molecule has 0 radical (unpaired) electrons. The van der Waals surface area contributed by atoms with Crippen LogP contribution in [0.1, 0.15) is 18.1 Å². The minimum absolute atomic E-state index is 0.0870. The lowest BCUT2D eigenvalue weighted by molar-refractivity contribution is -0.120. The third-order valence-corrected chi connectivity index (χ3v) is 5.32. The molecule has 0 aliphatic rings. The van der Waals surface area contributed by atoms with Crippen LogP contribution in [0.25, 0.3) is 11.4 Å². The number of thioether (sulfide) groups is 1. The van der Waals surface area contributed by atoms with Crippen molar-refractivity contribution in [2.45, 2.75) is 30.8 Å². The summed E-state index contributed by atoms with van der Waals surface area (Å²) in [6.07, 6.45) is 0. The molecule has 140 valence electrons. The van der Waals surface area contributed by atoms with E-state index >= 15 is 0 Å². The quantitative estimate of drug-likeness (QED) is 0.658. The molecule has 0 bridgehead atoms. The van der Waals surface area contributed by atoms with Crippen molar-refractivity contribution >= 4 is 17.7 Å². The maximum absolute atomic E-state index is 14.0. The number of nitrogens with one attached hydrogen (secondary N) is 1. The van der Waals surface area contributed by atoms with E-state index in [4.69, 9.17) is 0 Å². The molecule has 1 amide bonds. The Hall–Kier alpha value is -2.67. The summed E-state index contributed by atoms with van der Waals surface area (Å²) in [7, 11) is 1.76. The highest BCUT2D eigenvalue weighted by Gasteiger charge is 2.20. The zero-order valence-corrected chi connectivity index (χ0v) is 16.3. The van der Waals surface area contributed by atoms with E-state index in [0.29, 0.717) is 23.1 Å². The second-order valence-corrected chi connectivity index (χ2v) is 7.62. The lowest BCUT2D eigenvalue weighted by atomic mass is 10.1. The monoisotopic (exact) mass is 384 g/mol. The first-order valence-electron chi connectivity index (χ1n) is 8.60. The molecule has 1 aromatic heterocycles. The van der Waals surface area contributed by atoms with Gasteiger partial charge in [0.05, 0.1) is 10.8 Å². The van der Waals surface area contributed by atoms with Crippen LogP contribution in [-0.2, 0) is 18.4 Å². The lowest BCUT2D eigenvalue weighted by Gasteiger charge is -2.12. The maximum Gasteiger partial charge on any atom is 0.233 e. The summed E-state index contributed by atoms with van der Waals surface area (Å²) >= 11 is 1.29. The van der Waals surface area contributed by atoms with Gasteiger partial charge in [0.2, 0.25) is 5.91 Å². The Morgan fingerprint density at radius 3 is 2.59 bits per heavy atom. The second kappa shape index (κ2) is 8.35. The molecule has 0 fully saturated rings. The number of carbonyl (C=O) groups excluding carboxylic acids is 1. The molecule has 3 aromatic rings. The Balaban J connectivity index is 1.64. The molecule has 2 aromatic carbocycles. The van der Waals surface area contributed by atoms with E-state index in [-0.39, 0.29) is 17.0 Å². The zero-order chi connectivity index (χ0) is 19.4. The molecule has 27 heavy (non-hydrogen) atoms. The van der Waals surface area contributed by atoms with Crippen LogP contribution in [0.3, 0.4) is 0 Å². The Labute approximate surface area is 162 Å². The van der Waals surface area contributed by atoms with E-state index in [0.717, 1.165) is 5.56 Å². The number of halogens is 1. The fourth-order valence-corrected chi connectivity index (χ4v) is 3.38. The van der Waals surface area contributed by atoms with Gasteiger partial charge in [-0.2, -0.15) is 0 Å². The highest BCUT2D eigenvalue weighted by molar-refractivity contribution is 8.00. The number of benzene rings is 2. The summed E-state index contributed by atoms with van der Waals surface area (Å²) in [6.45, 7) is 4.31. The van der Waals surface area contributed by atoms with Crippen molar-refractivity contribution in [3.63, 3.8) is 0 Å². The maximum atomic E-state index is 14.0. The van der Waals surface area contributed by atoms with E-state index in [1.54, 1.807) is 29.8 Å². The van der Waals surface area contributed by atoms with Crippen LogP contribution in [0.5, 0.6) is 0 Å². The number of hydrogen-bond donors (Lipinski definition) is 1. The number of hydrogen-bond acceptors (Lipinski definition) is 4. The van der Waals surface area contributed by atoms with Crippen molar-refractivity contribution in [1.29, 1.82) is 0 Å². The third kappa shape index (κ3) is 4.54. The first-order chi connectivity index (χ1) is 13.0. The molecule has 0 spiro atoms. The molecule has 0 aliphatic heterocycles. The molecular formula is C20H21FN4OS. The van der Waals surface area contributed by atoms with Crippen LogP contribution in [-0.4, -0.2) is 25.9 Å². The van der Waals surface area contributed by atoms with Crippen LogP contribution < -0.4 is 5.32 Å². The van der Waals surface area contributed by atoms with Gasteiger partial charge < -0.3 is 9.88 Å². The molecule has 0 unspecified atom stereocenters. The summed E-state index contributed by atoms with van der Waals surface area (Å²) in [6, 6.07) is 14.5. The van der Waals surface area contributed by atoms with Crippen LogP contribution in [0.2, 0.25) is 0 Å². The minimum Gasteiger partial charge on any atom is -0.351 e. The smallest absolute Gasteiger partial charge is 0.233 e. The number of rotatable bonds is 6. The molecular weight excluding hydrogens is 363 g/mol. The molecule has 5 nitrogen and oxygen atoms in total. The summed E-state index contributed by atoms with van der Waals surface area (Å²) < 4.78 is 15.7. The highest BCUT2D eigenvalue weighted by Crippen LogP contribution is 2.27. The van der Waals surface area contributed by atoms with Gasteiger partial charge in [-0.1, -0.05) is 53.7 Å². The predicted octanol–water partition coefficient (Wildman–Crippen LogP) is 3.73. The Bertz CT molecular complexity index is 939. The van der Waals surface area contributed by atoms with Gasteiger partial charge in [0.25, 0.3) is 0 Å². The van der Waals surface area contributed by atoms with E-state index in [1.807, 2.05) is 38.1 Å². The largest absolute Gasteiger partial charge is 0.351 e. The molecule has 0 saturated carbocycles. The first-order valence-corrected chi connectivity index (χ1v) is 9.48. The SMILES string of the molecule is Cc1ccc(CNC(=O)[C@H](C)Sc2nnc(-c3ccccc3F)n2C)cc1. The van der Waals surface area contributed by atoms with Crippen LogP contribution in [0, 0.1) is 12.7 Å². The average Bonchev–Trinajstić information content (AvgIpc) is 3.01. The third-order valence-electron chi connectivity index (χ3n) is 4.19. The summed E-state index contributed by atoms with van der Waals surface area (Å²) in [5.41, 5.74) is 2.62. The second-order valence-electron chi connectivity index (χ2n) is 6.31. The number of aryl methyl sites for hydroxylation is 1. The molecule has 1 heterocycles. The van der Waals surface area contributed by atoms with E-state index < -0.39 is 0 Å². The number of nitrogens with zero attached hydrogens (tertiary/aromatic N) is 3. The predicted molar refractivity (Wildman–Crippen MR) is 105 cm³/mol. The highest BCUT2D eigenvalue weighted by atomic mass is 32.2. The molecule has 0 saturated heterocycles. The van der Waals surface area contributed by atoms with Crippen LogP contribution in [0.15, 0.2) is 53.7 Å². The van der Waals surface area contributed by atoms with Crippen LogP contribution in [0.4, 0.5) is 4.39 Å².